The maximum Gasteiger partial charge on any atom is 0.270 e. The lowest BCUT2D eigenvalue weighted by atomic mass is 10.2. The van der Waals surface area contributed by atoms with E-state index in [-0.39, 0.29) is 10.5 Å². The summed E-state index contributed by atoms with van der Waals surface area (Å²) in [7, 11) is -3.97. The van der Waals surface area contributed by atoms with Crippen LogP contribution >= 0.6 is 0 Å². The second kappa shape index (κ2) is 4.71. The van der Waals surface area contributed by atoms with E-state index in [0.717, 1.165) is 17.8 Å². The zero-order valence-electron chi connectivity index (χ0n) is 10.1. The lowest BCUT2D eigenvalue weighted by molar-refractivity contribution is 0.585. The Kier molecular flexibility index (Phi) is 3.23. The van der Waals surface area contributed by atoms with Crippen LogP contribution in [0.4, 0.5) is 0 Å². The van der Waals surface area contributed by atoms with E-state index in [2.05, 4.69) is 0 Å². The van der Waals surface area contributed by atoms with Crippen LogP contribution in [0.2, 0.25) is 0 Å². The van der Waals surface area contributed by atoms with E-state index in [1.54, 1.807) is 18.2 Å². The third kappa shape index (κ3) is 2.41. The quantitative estimate of drug-likeness (QED) is 0.825. The third-order valence-corrected chi connectivity index (χ3v) is 4.26. The molecule has 0 saturated heterocycles. The van der Waals surface area contributed by atoms with E-state index in [4.69, 9.17) is 5.26 Å². The summed E-state index contributed by atoms with van der Waals surface area (Å²) in [6.45, 7) is 1.83. The highest BCUT2D eigenvalue weighted by Crippen LogP contribution is 2.13. The van der Waals surface area contributed by atoms with Gasteiger partial charge in [0.1, 0.15) is 6.07 Å². The molecule has 0 atom stereocenters. The molecule has 19 heavy (non-hydrogen) atoms. The van der Waals surface area contributed by atoms with Crippen molar-refractivity contribution in [2.75, 3.05) is 0 Å². The van der Waals surface area contributed by atoms with E-state index in [0.29, 0.717) is 3.97 Å². The molecule has 0 amide bonds. The first-order chi connectivity index (χ1) is 8.95. The Balaban J connectivity index is 2.67. The van der Waals surface area contributed by atoms with Crippen molar-refractivity contribution in [1.29, 1.82) is 5.26 Å². The maximum atomic E-state index is 12.3. The molecule has 0 spiro atoms. The molecular formula is C13H10N2O3S. The van der Waals surface area contributed by atoms with Gasteiger partial charge in [0.25, 0.3) is 15.6 Å². The Morgan fingerprint density at radius 1 is 1.11 bits per heavy atom. The first kappa shape index (κ1) is 13.1. The molecule has 6 heteroatoms. The number of hydrogen-bond donors (Lipinski definition) is 0. The van der Waals surface area contributed by atoms with Gasteiger partial charge >= 0.3 is 0 Å². The average Bonchev–Trinajstić information content (AvgIpc) is 2.39. The highest BCUT2D eigenvalue weighted by atomic mass is 32.2. The summed E-state index contributed by atoms with van der Waals surface area (Å²) >= 11 is 0. The predicted octanol–water partition coefficient (Wildman–Crippen LogP) is 1.27. The second-order valence-corrected chi connectivity index (χ2v) is 5.80. The standard InChI is InChI=1S/C13H10N2O3S/c1-10-2-5-12(6-3-10)19(17,18)15-9-11(8-14)4-7-13(15)16/h2-7,9H,1H3. The Bertz CT molecular complexity index is 812. The van der Waals surface area contributed by atoms with Crippen molar-refractivity contribution in [3.8, 4) is 6.07 Å². The molecule has 0 unspecified atom stereocenters. The van der Waals surface area contributed by atoms with Gasteiger partial charge in [-0.3, -0.25) is 4.79 Å². The van der Waals surface area contributed by atoms with Gasteiger partial charge in [-0.2, -0.15) is 5.26 Å². The molecule has 0 saturated carbocycles. The molecule has 96 valence electrons. The van der Waals surface area contributed by atoms with Crippen molar-refractivity contribution in [2.24, 2.45) is 0 Å². The molecule has 1 aromatic carbocycles. The van der Waals surface area contributed by atoms with Gasteiger partial charge in [0, 0.05) is 12.3 Å². The summed E-state index contributed by atoms with van der Waals surface area (Å²) < 4.78 is 25.2. The van der Waals surface area contributed by atoms with Gasteiger partial charge in [-0.05, 0) is 25.1 Å². The number of rotatable bonds is 2. The minimum Gasteiger partial charge on any atom is -0.268 e. The average molecular weight is 274 g/mol. The maximum absolute atomic E-state index is 12.3. The molecule has 0 aliphatic heterocycles. The summed E-state index contributed by atoms with van der Waals surface area (Å²) in [5, 5.41) is 8.77. The second-order valence-electron chi connectivity index (χ2n) is 3.98. The fourth-order valence-electron chi connectivity index (χ4n) is 1.55. The summed E-state index contributed by atoms with van der Waals surface area (Å²) in [5.74, 6) is 0. The van der Waals surface area contributed by atoms with Gasteiger partial charge in [-0.1, -0.05) is 17.7 Å². The molecule has 5 nitrogen and oxygen atoms in total. The summed E-state index contributed by atoms with van der Waals surface area (Å²) in [5.41, 5.74) is 0.326. The van der Waals surface area contributed by atoms with Gasteiger partial charge < -0.3 is 0 Å². The highest BCUT2D eigenvalue weighted by molar-refractivity contribution is 7.90. The smallest absolute Gasteiger partial charge is 0.268 e. The first-order valence-electron chi connectivity index (χ1n) is 5.40. The van der Waals surface area contributed by atoms with Crippen LogP contribution in [-0.2, 0) is 10.0 Å². The van der Waals surface area contributed by atoms with Crippen LogP contribution in [0, 0.1) is 18.3 Å². The summed E-state index contributed by atoms with van der Waals surface area (Å²) in [6.07, 6.45) is 1.03. The van der Waals surface area contributed by atoms with Crippen LogP contribution in [0.5, 0.6) is 0 Å². The number of benzene rings is 1. The van der Waals surface area contributed by atoms with Crippen molar-refractivity contribution in [3.63, 3.8) is 0 Å². The van der Waals surface area contributed by atoms with Crippen molar-refractivity contribution < 1.29 is 8.42 Å². The van der Waals surface area contributed by atoms with Crippen LogP contribution < -0.4 is 5.56 Å². The Morgan fingerprint density at radius 3 is 2.32 bits per heavy atom. The normalized spacial score (nSPS) is 10.9. The van der Waals surface area contributed by atoms with E-state index in [9.17, 15) is 13.2 Å². The topological polar surface area (TPSA) is 79.9 Å². The highest BCUT2D eigenvalue weighted by Gasteiger charge is 2.18. The lowest BCUT2D eigenvalue weighted by Crippen LogP contribution is -2.26. The zero-order valence-corrected chi connectivity index (χ0v) is 10.9. The SMILES string of the molecule is Cc1ccc(S(=O)(=O)n2cc(C#N)ccc2=O)cc1. The summed E-state index contributed by atoms with van der Waals surface area (Å²) in [4.78, 5) is 11.7. The fraction of sp³-hybridized carbons (Fsp3) is 0.0769. The van der Waals surface area contributed by atoms with Gasteiger partial charge in [-0.25, -0.2) is 12.4 Å². The van der Waals surface area contributed by atoms with E-state index in [1.165, 1.54) is 18.2 Å². The van der Waals surface area contributed by atoms with Crippen LogP contribution in [0.3, 0.4) is 0 Å². The molecule has 0 aliphatic carbocycles. The zero-order chi connectivity index (χ0) is 14.0. The Hall–Kier alpha value is -2.39. The minimum absolute atomic E-state index is 0.00953. The van der Waals surface area contributed by atoms with Crippen molar-refractivity contribution in [1.82, 2.24) is 3.97 Å². The van der Waals surface area contributed by atoms with Gasteiger partial charge in [-0.15, -0.1) is 0 Å². The third-order valence-electron chi connectivity index (χ3n) is 2.59. The van der Waals surface area contributed by atoms with Crippen LogP contribution in [0.25, 0.3) is 0 Å². The fourth-order valence-corrected chi connectivity index (χ4v) is 2.80. The van der Waals surface area contributed by atoms with Crippen molar-refractivity contribution in [2.45, 2.75) is 11.8 Å². The molecule has 0 fully saturated rings. The van der Waals surface area contributed by atoms with E-state index in [1.807, 2.05) is 6.92 Å². The molecule has 2 aromatic rings. The Morgan fingerprint density at radius 2 is 1.74 bits per heavy atom. The molecular weight excluding hydrogens is 264 g/mol. The van der Waals surface area contributed by atoms with Gasteiger partial charge in [0.05, 0.1) is 10.5 Å². The summed E-state index contributed by atoms with van der Waals surface area (Å²) in [6, 6.07) is 10.3. The number of hydrogen-bond acceptors (Lipinski definition) is 4. The number of nitriles is 1. The molecule has 0 aliphatic rings. The first-order valence-corrected chi connectivity index (χ1v) is 6.84. The van der Waals surface area contributed by atoms with Crippen molar-refractivity contribution >= 4 is 10.0 Å². The predicted molar refractivity (Wildman–Crippen MR) is 69.2 cm³/mol. The van der Waals surface area contributed by atoms with Gasteiger partial charge in [0.15, 0.2) is 0 Å². The molecule has 1 heterocycles. The number of pyridine rings is 1. The number of aromatic nitrogens is 1. The van der Waals surface area contributed by atoms with Crippen LogP contribution in [-0.4, -0.2) is 12.4 Å². The molecule has 0 radical (unpaired) electrons. The molecule has 0 bridgehead atoms. The molecule has 0 N–H and O–H groups in total. The Labute approximate surface area is 110 Å². The molecule has 2 rings (SSSR count). The van der Waals surface area contributed by atoms with Gasteiger partial charge in [0.2, 0.25) is 0 Å². The minimum atomic E-state index is -3.97. The van der Waals surface area contributed by atoms with E-state index < -0.39 is 15.6 Å². The lowest BCUT2D eigenvalue weighted by Gasteiger charge is -2.07. The van der Waals surface area contributed by atoms with E-state index >= 15 is 0 Å². The molecule has 1 aromatic heterocycles. The number of nitrogens with zero attached hydrogens (tertiary/aromatic N) is 2. The van der Waals surface area contributed by atoms with Crippen LogP contribution in [0.15, 0.2) is 52.3 Å². The van der Waals surface area contributed by atoms with Crippen LogP contribution in [0.1, 0.15) is 11.1 Å². The largest absolute Gasteiger partial charge is 0.270 e. The van der Waals surface area contributed by atoms with Crippen molar-refractivity contribution in [3.05, 3.63) is 64.1 Å². The number of aryl methyl sites for hydroxylation is 1. The monoisotopic (exact) mass is 274 g/mol.